The van der Waals surface area contributed by atoms with Gasteiger partial charge in [-0.05, 0) is 125 Å². The third-order valence-electron chi connectivity index (χ3n) is 17.9. The molecule has 132 heavy (non-hydrogen) atoms. The van der Waals surface area contributed by atoms with E-state index in [4.69, 9.17) is 147 Å². The molecule has 0 saturated heterocycles. The summed E-state index contributed by atoms with van der Waals surface area (Å²) in [6.07, 6.45) is -0.108. The van der Waals surface area contributed by atoms with Crippen LogP contribution in [0.25, 0.3) is 0 Å². The number of oxime groups is 7. The zero-order chi connectivity index (χ0) is 97.4. The standard InChI is InChI=1S/C36H51N9O6.C11H16N2O3.C10H14N2O3.C9H12N2O2.C8H9N3O2.2C8H10N2O2/c1-43(15-18-47-3)24-27-9-6-12-30(21-27)33(37)40-50-36(46)45(17-20-49-5)26-29-11-8-14-32(23-29)35(39)42-51-41-34(38)31-13-7-10-28(22-31)25-44(2)16-19-48-4;1-15-5-6-16-8-9-3-2-4-10(7-9)11(12)13-14;11-10(12-14)9-3-1-2-8(6-9)7-15-5-4-13;10-9(11-13)8-3-1-2-7(6-8)4-5-12;9-7(11-13)5-1-3-6(4-2-5)8(10)12;9-8(10-12)7-3-1-6(5-11)2-4-7;9-8(10-12)7-3-1-2-6(4-7)5-11/h6-14,21-23H,15-20,24-26H2,1-5H3,(H2,37,40)(H2,38,41)(H2,39,42);2-4,7,14H,5-6,8H2,1H3,(H2,12,13);1-3,6,13-14H,4-5,7H2,(H2,11,12);1-3,6,12-13H,4-5H2,(H2,10,11);1-4,13H,(H2,9,11)(H2,10,12);2*1-4,11-12H,5H2,(H2,9,10). The maximum absolute atomic E-state index is 13.1. The zero-order valence-corrected chi connectivity index (χ0v) is 74.4. The van der Waals surface area contributed by atoms with Gasteiger partial charge in [-0.1, -0.05) is 195 Å². The van der Waals surface area contributed by atoms with Crippen LogP contribution in [0, 0.1) is 10.8 Å². The van der Waals surface area contributed by atoms with Crippen molar-refractivity contribution in [1.29, 1.82) is 10.8 Å². The molecule has 0 aliphatic carbocycles. The van der Waals surface area contributed by atoms with E-state index in [0.29, 0.717) is 121 Å². The predicted molar refractivity (Wildman–Crippen MR) is 499 cm³/mol. The first-order chi connectivity index (χ1) is 63.6. The smallest absolute Gasteiger partial charge is 0.409 e. The van der Waals surface area contributed by atoms with Crippen LogP contribution in [0.5, 0.6) is 0 Å². The van der Waals surface area contributed by atoms with Crippen LogP contribution in [-0.2, 0) is 90.7 Å². The van der Waals surface area contributed by atoms with Crippen molar-refractivity contribution >= 4 is 64.5 Å². The van der Waals surface area contributed by atoms with Crippen LogP contribution in [-0.4, -0.2) is 246 Å². The molecule has 2 amide bonds. The van der Waals surface area contributed by atoms with Crippen molar-refractivity contribution in [3.8, 4) is 0 Å². The summed E-state index contributed by atoms with van der Waals surface area (Å²) in [6, 6.07) is 63.7. The van der Waals surface area contributed by atoms with Crippen molar-refractivity contribution in [3.63, 3.8) is 0 Å². The quantitative estimate of drug-likeness (QED) is 0.00780. The normalized spacial score (nSPS) is 11.5. The van der Waals surface area contributed by atoms with E-state index in [1.807, 2.05) is 86.9 Å². The lowest BCUT2D eigenvalue weighted by Gasteiger charge is -2.22. The Bertz CT molecular complexity index is 5130. The molecular weight excluding hydrogens is 1710 g/mol. The number of amidine groups is 9. The molecule has 0 aliphatic rings. The Hall–Kier alpha value is -14.9. The average Bonchev–Trinajstić information content (AvgIpc) is 0.852. The molecule has 9 rings (SSSR count). The number of nitrogens with one attached hydrogen (secondary N) is 4. The number of primary amides is 1. The van der Waals surface area contributed by atoms with Crippen LogP contribution in [0.2, 0.25) is 0 Å². The average molecular weight is 1830 g/mol. The van der Waals surface area contributed by atoms with Gasteiger partial charge in [-0.15, -0.1) is 0 Å². The molecule has 0 spiro atoms. The molecule has 0 bridgehead atoms. The molecule has 0 aliphatic heterocycles. The number of methoxy groups -OCH3 is 4. The molecule has 712 valence electrons. The van der Waals surface area contributed by atoms with Gasteiger partial charge >= 0.3 is 6.09 Å². The second kappa shape index (κ2) is 65.6. The topological polar surface area (TPSA) is 686 Å². The molecule has 0 heterocycles. The molecule has 0 saturated carbocycles. The third-order valence-corrected chi connectivity index (χ3v) is 17.9. The zero-order valence-electron chi connectivity index (χ0n) is 74.4. The van der Waals surface area contributed by atoms with Crippen LogP contribution in [0.15, 0.2) is 254 Å². The summed E-state index contributed by atoms with van der Waals surface area (Å²) in [5.74, 6) is -0.111. The molecule has 42 heteroatoms. The minimum atomic E-state index is -0.684. The summed E-state index contributed by atoms with van der Waals surface area (Å²) in [4.78, 5) is 40.0. The first-order valence-electron chi connectivity index (χ1n) is 40.2. The van der Waals surface area contributed by atoms with Gasteiger partial charge in [0.15, 0.2) is 52.5 Å². The Morgan fingerprint density at radius 2 is 0.667 bits per heavy atom. The molecule has 0 atom stereocenters. The Kier molecular flexibility index (Phi) is 55.3. The number of amides is 2. The van der Waals surface area contributed by atoms with Gasteiger partial charge in [-0.25, -0.2) is 4.79 Å². The molecule has 42 nitrogen and oxygen atoms in total. The van der Waals surface area contributed by atoms with Gasteiger partial charge < -0.3 is 131 Å². The number of likely N-dealkylation sites (N-methyl/N-ethyl adjacent to an activating group) is 2. The summed E-state index contributed by atoms with van der Waals surface area (Å²) in [7, 11) is 10.5. The van der Waals surface area contributed by atoms with Crippen LogP contribution >= 0.6 is 0 Å². The maximum atomic E-state index is 13.1. The van der Waals surface area contributed by atoms with E-state index in [1.54, 1.807) is 162 Å². The Morgan fingerprint density at radius 1 is 0.341 bits per heavy atom. The number of nitrogens with zero attached hydrogens (tertiary/aromatic N) is 10. The number of aliphatic hydroxyl groups is 4. The van der Waals surface area contributed by atoms with Crippen LogP contribution in [0.1, 0.15) is 105 Å². The van der Waals surface area contributed by atoms with Gasteiger partial charge in [-0.3, -0.25) is 35.3 Å². The predicted octanol–water partition coefficient (Wildman–Crippen LogP) is 5.10. The molecular formula is C90H122N22O20. The lowest BCUT2D eigenvalue weighted by molar-refractivity contribution is 0.0616. The first kappa shape index (κ1) is 111. The number of hydrogen-bond donors (Lipinski definition) is 22. The highest BCUT2D eigenvalue weighted by Crippen LogP contribution is 2.16. The number of rotatable bonds is 40. The lowest BCUT2D eigenvalue weighted by atomic mass is 10.1. The van der Waals surface area contributed by atoms with E-state index < -0.39 is 12.0 Å². The van der Waals surface area contributed by atoms with Crippen LogP contribution < -0.4 is 56.8 Å². The van der Waals surface area contributed by atoms with Crippen molar-refractivity contribution in [2.45, 2.75) is 52.5 Å². The van der Waals surface area contributed by atoms with Gasteiger partial charge in [0.25, 0.3) is 0 Å². The third kappa shape index (κ3) is 44.2. The Morgan fingerprint density at radius 3 is 1.07 bits per heavy atom. The second-order valence-electron chi connectivity index (χ2n) is 27.8. The largest absolute Gasteiger partial charge is 0.434 e. The van der Waals surface area contributed by atoms with Crippen molar-refractivity contribution in [2.24, 2.45) is 82.0 Å². The highest BCUT2D eigenvalue weighted by molar-refractivity contribution is 6.02. The minimum absolute atomic E-state index is 0.0000715. The number of carbonyl (C=O) groups is 2. The fraction of sp³-hybridized carbons (Fsp3) is 0.278. The molecule has 30 N–H and O–H groups in total. The summed E-state index contributed by atoms with van der Waals surface area (Å²) >= 11 is 0. The van der Waals surface area contributed by atoms with Crippen molar-refractivity contribution in [2.75, 3.05) is 115 Å². The van der Waals surface area contributed by atoms with Crippen molar-refractivity contribution in [3.05, 3.63) is 319 Å². The van der Waals surface area contributed by atoms with Gasteiger partial charge in [0.05, 0.1) is 72.7 Å². The number of aliphatic hydroxyl groups excluding tert-OH is 4. The highest BCUT2D eigenvalue weighted by atomic mass is 16.8. The number of benzene rings is 9. The Balaban J connectivity index is 0.000000449. The van der Waals surface area contributed by atoms with E-state index in [0.717, 1.165) is 57.6 Å². The Labute approximate surface area is 765 Å². The molecule has 9 aromatic carbocycles. The number of carbonyl (C=O) groups excluding carboxylic acids is 2. The highest BCUT2D eigenvalue weighted by Gasteiger charge is 2.19. The summed E-state index contributed by atoms with van der Waals surface area (Å²) in [6.45, 7) is 7.22. The van der Waals surface area contributed by atoms with E-state index in [-0.39, 0.29) is 98.6 Å². The maximum Gasteiger partial charge on any atom is 0.434 e. The van der Waals surface area contributed by atoms with E-state index >= 15 is 0 Å². The molecule has 0 aromatic heterocycles. The van der Waals surface area contributed by atoms with E-state index in [2.05, 4.69) is 56.9 Å². The molecule has 0 radical (unpaired) electrons. The van der Waals surface area contributed by atoms with Crippen LogP contribution in [0.4, 0.5) is 4.79 Å². The SMILES string of the molecule is COCCN(C)Cc1cccc(C(=N)NO/N=C(\N)c2cccc(CN(CCOC)C(=O)ONC(=N)c3cccc(CN(C)CCOC)c3)c2)c1.COCCOCc1cccc(C(N)=NO)c1.NC(=NO)c1ccc(CO)cc1.NC(=NO)c1cccc(CCO)c1.NC(=NO)c1cccc(CO)c1.NC(=NO)c1cccc(COCCO)c1.NC(=O)c1ccc(C(N)=NO)cc1. The van der Waals surface area contributed by atoms with Crippen LogP contribution in [0.3, 0.4) is 0 Å². The number of nitrogens with two attached hydrogens (primary N) is 8. The fourth-order valence-corrected chi connectivity index (χ4v) is 10.9. The fourth-order valence-electron chi connectivity index (χ4n) is 10.9. The number of ether oxygens (including phenoxy) is 6. The monoisotopic (exact) mass is 1830 g/mol. The molecule has 0 unspecified atom stereocenters. The van der Waals surface area contributed by atoms with Crippen molar-refractivity contribution in [1.82, 2.24) is 25.7 Å². The summed E-state index contributed by atoms with van der Waals surface area (Å²) < 4.78 is 30.9. The van der Waals surface area contributed by atoms with Crippen molar-refractivity contribution < 1.29 is 99.5 Å². The van der Waals surface area contributed by atoms with E-state index in [9.17, 15) is 9.59 Å². The first-order valence-corrected chi connectivity index (χ1v) is 40.2. The summed E-state index contributed by atoms with van der Waals surface area (Å²) in [5, 5.41) is 123. The van der Waals surface area contributed by atoms with Gasteiger partial charge in [-0.2, -0.15) is 11.0 Å². The minimum Gasteiger partial charge on any atom is -0.409 e. The molecule has 0 fully saturated rings. The number of hydroxylamine groups is 2. The molecule has 9 aromatic rings. The van der Waals surface area contributed by atoms with E-state index in [1.165, 1.54) is 17.0 Å². The van der Waals surface area contributed by atoms with Gasteiger partial charge in [0.2, 0.25) is 5.91 Å². The summed E-state index contributed by atoms with van der Waals surface area (Å²) in [5.41, 5.74) is 61.6. The lowest BCUT2D eigenvalue weighted by Crippen LogP contribution is -2.38. The van der Waals surface area contributed by atoms with Gasteiger partial charge in [0, 0.05) is 130 Å². The second-order valence-corrected chi connectivity index (χ2v) is 27.8. The number of hydrogen-bond acceptors (Lipinski definition) is 31. The van der Waals surface area contributed by atoms with Gasteiger partial charge in [0.1, 0.15) is 0 Å².